The molecule has 4 aliphatic rings. The van der Waals surface area contributed by atoms with Gasteiger partial charge in [0.05, 0.1) is 6.61 Å². The maximum absolute atomic E-state index is 12.5. The number of hydrogen-bond acceptors (Lipinski definition) is 3. The Hall–Kier alpha value is -0.700. The summed E-state index contributed by atoms with van der Waals surface area (Å²) in [5.74, 6) is 3.42. The normalized spacial score (nSPS) is 49.5. The van der Waals surface area contributed by atoms with Crippen LogP contribution in [0, 0.1) is 34.5 Å². The summed E-state index contributed by atoms with van der Waals surface area (Å²) < 4.78 is 5.71. The molecule has 4 fully saturated rings. The highest BCUT2D eigenvalue weighted by Crippen LogP contribution is 2.65. The smallest absolute Gasteiger partial charge is 0.139 e. The lowest BCUT2D eigenvalue weighted by atomic mass is 9.45. The quantitative estimate of drug-likeness (QED) is 0.778. The number of carbonyl (C=O) groups excluding carboxylic acids is 2. The monoisotopic (exact) mass is 318 g/mol. The van der Waals surface area contributed by atoms with Gasteiger partial charge in [-0.25, -0.2) is 0 Å². The Bertz CT molecular complexity index is 527. The van der Waals surface area contributed by atoms with E-state index in [-0.39, 0.29) is 10.8 Å². The van der Waals surface area contributed by atoms with Crippen LogP contribution in [-0.4, -0.2) is 25.3 Å². The molecule has 4 aliphatic carbocycles. The Morgan fingerprint density at radius 2 is 1.87 bits per heavy atom. The van der Waals surface area contributed by atoms with Crippen LogP contribution in [0.3, 0.4) is 0 Å². The third-order valence-electron chi connectivity index (χ3n) is 8.30. The molecule has 0 bridgehead atoms. The summed E-state index contributed by atoms with van der Waals surface area (Å²) in [4.78, 5) is 24.5. The molecular weight excluding hydrogens is 288 g/mol. The first-order valence-corrected chi connectivity index (χ1v) is 9.55. The third-order valence-corrected chi connectivity index (χ3v) is 8.30. The summed E-state index contributed by atoms with van der Waals surface area (Å²) in [5, 5.41) is 0. The zero-order valence-corrected chi connectivity index (χ0v) is 14.6. The topological polar surface area (TPSA) is 43.4 Å². The highest BCUT2D eigenvalue weighted by atomic mass is 16.5. The van der Waals surface area contributed by atoms with E-state index in [9.17, 15) is 9.59 Å². The van der Waals surface area contributed by atoms with Crippen LogP contribution in [-0.2, 0) is 14.3 Å². The van der Waals surface area contributed by atoms with E-state index in [1.54, 1.807) is 0 Å². The molecule has 0 radical (unpaired) electrons. The van der Waals surface area contributed by atoms with Crippen molar-refractivity contribution in [3.05, 3.63) is 0 Å². The lowest BCUT2D eigenvalue weighted by Gasteiger charge is -2.60. The number of fused-ring (bicyclic) bond motifs is 5. The molecule has 0 aliphatic heterocycles. The second kappa shape index (κ2) is 5.40. The van der Waals surface area contributed by atoms with Gasteiger partial charge in [0.1, 0.15) is 11.6 Å². The van der Waals surface area contributed by atoms with Gasteiger partial charge < -0.3 is 4.74 Å². The molecule has 4 rings (SSSR count). The maximum Gasteiger partial charge on any atom is 0.139 e. The van der Waals surface area contributed by atoms with Gasteiger partial charge in [0.25, 0.3) is 0 Å². The SMILES string of the molecule is COC[C@]12CCC(=O)C[C@H]1CC[C@H]1[C@@H]3CCC(=O)C3(C)CC[C@@H]12. The molecule has 0 heterocycles. The Labute approximate surface area is 139 Å². The summed E-state index contributed by atoms with van der Waals surface area (Å²) in [7, 11) is 1.82. The van der Waals surface area contributed by atoms with Crippen molar-refractivity contribution >= 4 is 11.6 Å². The molecule has 6 atom stereocenters. The van der Waals surface area contributed by atoms with Crippen LogP contribution in [0.1, 0.15) is 64.7 Å². The summed E-state index contributed by atoms with van der Waals surface area (Å²) >= 11 is 0. The Morgan fingerprint density at radius 3 is 2.65 bits per heavy atom. The minimum atomic E-state index is -0.0489. The van der Waals surface area contributed by atoms with E-state index in [0.29, 0.717) is 35.2 Å². The van der Waals surface area contributed by atoms with Crippen LogP contribution in [0.5, 0.6) is 0 Å². The van der Waals surface area contributed by atoms with Crippen molar-refractivity contribution in [3.63, 3.8) is 0 Å². The number of hydrogen-bond donors (Lipinski definition) is 0. The Balaban J connectivity index is 1.68. The first-order chi connectivity index (χ1) is 11.0. The van der Waals surface area contributed by atoms with Gasteiger partial charge in [-0.2, -0.15) is 0 Å². The van der Waals surface area contributed by atoms with Crippen LogP contribution >= 0.6 is 0 Å². The predicted molar refractivity (Wildman–Crippen MR) is 87.9 cm³/mol. The van der Waals surface area contributed by atoms with Crippen LogP contribution in [0.4, 0.5) is 0 Å². The zero-order chi connectivity index (χ0) is 16.2. The van der Waals surface area contributed by atoms with E-state index in [1.807, 2.05) is 7.11 Å². The van der Waals surface area contributed by atoms with Crippen LogP contribution in [0.2, 0.25) is 0 Å². The van der Waals surface area contributed by atoms with E-state index in [4.69, 9.17) is 4.74 Å². The fourth-order valence-electron chi connectivity index (χ4n) is 7.17. The van der Waals surface area contributed by atoms with E-state index >= 15 is 0 Å². The summed E-state index contributed by atoms with van der Waals surface area (Å²) in [6.45, 7) is 3.05. The minimum absolute atomic E-state index is 0.0489. The summed E-state index contributed by atoms with van der Waals surface area (Å²) in [6, 6.07) is 0. The van der Waals surface area contributed by atoms with Gasteiger partial charge in [-0.3, -0.25) is 9.59 Å². The predicted octanol–water partition coefficient (Wildman–Crippen LogP) is 3.79. The van der Waals surface area contributed by atoms with Crippen molar-refractivity contribution in [1.82, 2.24) is 0 Å². The number of ether oxygens (including phenoxy) is 1. The van der Waals surface area contributed by atoms with Crippen LogP contribution in [0.25, 0.3) is 0 Å². The highest BCUT2D eigenvalue weighted by molar-refractivity contribution is 5.87. The molecule has 1 unspecified atom stereocenters. The van der Waals surface area contributed by atoms with Crippen molar-refractivity contribution < 1.29 is 14.3 Å². The maximum atomic E-state index is 12.5. The third kappa shape index (κ3) is 2.11. The average Bonchev–Trinajstić information content (AvgIpc) is 2.84. The first-order valence-electron chi connectivity index (χ1n) is 9.55. The molecular formula is C20H30O3. The van der Waals surface area contributed by atoms with E-state index in [1.165, 1.54) is 6.42 Å². The van der Waals surface area contributed by atoms with E-state index in [0.717, 1.165) is 58.0 Å². The molecule has 0 aromatic carbocycles. The van der Waals surface area contributed by atoms with Gasteiger partial charge in [0.2, 0.25) is 0 Å². The summed E-state index contributed by atoms with van der Waals surface area (Å²) in [5.41, 5.74) is 0.158. The second-order valence-electron chi connectivity index (χ2n) is 8.98. The van der Waals surface area contributed by atoms with Crippen LogP contribution in [0.15, 0.2) is 0 Å². The van der Waals surface area contributed by atoms with E-state index < -0.39 is 0 Å². The van der Waals surface area contributed by atoms with Gasteiger partial charge in [0.15, 0.2) is 0 Å². The van der Waals surface area contributed by atoms with Crippen molar-refractivity contribution in [2.45, 2.75) is 64.7 Å². The summed E-state index contributed by atoms with van der Waals surface area (Å²) in [6.07, 6.45) is 9.03. The number of methoxy groups -OCH3 is 1. The second-order valence-corrected chi connectivity index (χ2v) is 8.98. The van der Waals surface area contributed by atoms with Crippen molar-refractivity contribution in [2.24, 2.45) is 34.5 Å². The number of Topliss-reactive ketones (excluding diaryl/α,β-unsaturated/α-hetero) is 2. The zero-order valence-electron chi connectivity index (χ0n) is 14.6. The Kier molecular flexibility index (Phi) is 3.71. The van der Waals surface area contributed by atoms with Gasteiger partial charge in [-0.15, -0.1) is 0 Å². The molecule has 128 valence electrons. The average molecular weight is 318 g/mol. The molecule has 0 spiro atoms. The van der Waals surface area contributed by atoms with Gasteiger partial charge in [-0.1, -0.05) is 6.92 Å². The van der Waals surface area contributed by atoms with Crippen molar-refractivity contribution in [3.8, 4) is 0 Å². The lowest BCUT2D eigenvalue weighted by Crippen LogP contribution is -2.56. The molecule has 3 nitrogen and oxygen atoms in total. The number of ketones is 2. The molecule has 0 aromatic heterocycles. The minimum Gasteiger partial charge on any atom is -0.384 e. The van der Waals surface area contributed by atoms with Gasteiger partial charge >= 0.3 is 0 Å². The molecule has 4 saturated carbocycles. The van der Waals surface area contributed by atoms with E-state index in [2.05, 4.69) is 6.92 Å². The molecule has 23 heavy (non-hydrogen) atoms. The standard InChI is InChI=1S/C20H30O3/c1-19-9-8-17-15(16(19)5-6-18(19)22)4-3-13-11-14(21)7-10-20(13,17)12-23-2/h13,15-17H,3-12H2,1-2H3/t13-,15+,16+,17+,19?,20-/m1/s1. The van der Waals surface area contributed by atoms with Gasteiger partial charge in [0, 0.05) is 37.2 Å². The molecule has 0 aromatic rings. The molecule has 0 N–H and O–H groups in total. The fourth-order valence-corrected chi connectivity index (χ4v) is 7.17. The molecule has 0 amide bonds. The molecule has 3 heteroatoms. The highest BCUT2D eigenvalue weighted by Gasteiger charge is 2.61. The number of rotatable bonds is 2. The largest absolute Gasteiger partial charge is 0.384 e. The first kappa shape index (κ1) is 15.8. The fraction of sp³-hybridized carbons (Fsp3) is 0.900. The van der Waals surface area contributed by atoms with Gasteiger partial charge in [-0.05, 0) is 62.2 Å². The molecule has 0 saturated heterocycles. The van der Waals surface area contributed by atoms with Crippen molar-refractivity contribution in [2.75, 3.05) is 13.7 Å². The van der Waals surface area contributed by atoms with Crippen molar-refractivity contribution in [1.29, 1.82) is 0 Å². The lowest BCUT2D eigenvalue weighted by molar-refractivity contribution is -0.157. The Morgan fingerprint density at radius 1 is 1.04 bits per heavy atom. The number of carbonyl (C=O) groups is 2. The van der Waals surface area contributed by atoms with Crippen LogP contribution < -0.4 is 0 Å².